The van der Waals surface area contributed by atoms with Crippen LogP contribution in [0.3, 0.4) is 0 Å². The smallest absolute Gasteiger partial charge is 0.193 e. The molecule has 0 spiro atoms. The second-order valence-corrected chi connectivity index (χ2v) is 4.10. The lowest BCUT2D eigenvalue weighted by Crippen LogP contribution is -2.20. The van der Waals surface area contributed by atoms with Crippen molar-refractivity contribution >= 4 is 0 Å². The van der Waals surface area contributed by atoms with E-state index in [0.717, 1.165) is 22.8 Å². The van der Waals surface area contributed by atoms with Gasteiger partial charge in [-0.05, 0) is 30.7 Å². The highest BCUT2D eigenvalue weighted by Gasteiger charge is 2.32. The number of fused-ring (bicyclic) bond motifs is 1. The Kier molecular flexibility index (Phi) is 2.25. The van der Waals surface area contributed by atoms with Gasteiger partial charge in [-0.15, -0.1) is 0 Å². The summed E-state index contributed by atoms with van der Waals surface area (Å²) in [5, 5.41) is 1.92. The topological polar surface area (TPSA) is 37.6 Å². The van der Waals surface area contributed by atoms with Crippen LogP contribution in [0.1, 0.15) is 19.0 Å². The van der Waals surface area contributed by atoms with Crippen molar-refractivity contribution in [1.82, 2.24) is 4.98 Å². The van der Waals surface area contributed by atoms with E-state index in [0.29, 0.717) is 0 Å². The number of hydrogen-bond acceptors (Lipinski definition) is 3. The number of benzene rings is 1. The first-order chi connectivity index (χ1) is 8.34. The Hall–Kier alpha value is -2.03. The summed E-state index contributed by atoms with van der Waals surface area (Å²) >= 11 is 0. The van der Waals surface area contributed by atoms with E-state index >= 15 is 0 Å². The van der Waals surface area contributed by atoms with E-state index in [9.17, 15) is 0 Å². The fraction of sp³-hybridized carbons (Fsp3) is 0.214. The number of pyridine rings is 1. The standard InChI is InChI=1S/C14H13N3/c1-2-14(13-9-5-6-10-15-13)16-11-7-3-4-8-12(11)17-14/h3-10H,2H2,1H3. The lowest BCUT2D eigenvalue weighted by molar-refractivity contribution is 0.437. The van der Waals surface area contributed by atoms with E-state index in [4.69, 9.17) is 9.98 Å². The zero-order chi connectivity index (χ0) is 11.7. The second-order valence-electron chi connectivity index (χ2n) is 4.10. The molecule has 3 rings (SSSR count). The van der Waals surface area contributed by atoms with Crippen molar-refractivity contribution in [2.24, 2.45) is 9.98 Å². The second kappa shape index (κ2) is 3.77. The molecule has 1 aromatic heterocycles. The van der Waals surface area contributed by atoms with E-state index in [2.05, 4.69) is 11.9 Å². The minimum Gasteiger partial charge on any atom is -0.257 e. The number of para-hydroxylation sites is 2. The van der Waals surface area contributed by atoms with Crippen LogP contribution < -0.4 is 10.7 Å². The molecule has 0 saturated carbocycles. The van der Waals surface area contributed by atoms with E-state index in [-0.39, 0.29) is 0 Å². The van der Waals surface area contributed by atoms with E-state index < -0.39 is 5.66 Å². The van der Waals surface area contributed by atoms with Gasteiger partial charge in [0, 0.05) is 6.20 Å². The van der Waals surface area contributed by atoms with Gasteiger partial charge in [-0.3, -0.25) is 4.98 Å². The van der Waals surface area contributed by atoms with Gasteiger partial charge in [-0.25, -0.2) is 9.98 Å². The molecule has 3 heteroatoms. The van der Waals surface area contributed by atoms with Crippen LogP contribution in [0.5, 0.6) is 0 Å². The van der Waals surface area contributed by atoms with Crippen molar-refractivity contribution in [3.63, 3.8) is 0 Å². The summed E-state index contributed by atoms with van der Waals surface area (Å²) in [5.74, 6) is 0. The molecule has 0 bridgehead atoms. The molecule has 1 aliphatic rings. The lowest BCUT2D eigenvalue weighted by Gasteiger charge is -2.20. The van der Waals surface area contributed by atoms with Crippen molar-refractivity contribution in [3.8, 4) is 0 Å². The molecule has 0 saturated heterocycles. The number of aromatic nitrogens is 1. The molecule has 2 aromatic rings. The molecule has 1 aromatic carbocycles. The highest BCUT2D eigenvalue weighted by Crippen LogP contribution is 2.29. The minimum atomic E-state index is -0.523. The van der Waals surface area contributed by atoms with Crippen molar-refractivity contribution in [3.05, 3.63) is 65.1 Å². The summed E-state index contributed by atoms with van der Waals surface area (Å²) in [7, 11) is 0. The third-order valence-electron chi connectivity index (χ3n) is 3.06. The molecule has 0 atom stereocenters. The largest absolute Gasteiger partial charge is 0.257 e. The van der Waals surface area contributed by atoms with E-state index in [1.54, 1.807) is 6.20 Å². The van der Waals surface area contributed by atoms with Crippen molar-refractivity contribution in [2.45, 2.75) is 19.0 Å². The highest BCUT2D eigenvalue weighted by molar-refractivity contribution is 5.19. The Morgan fingerprint density at radius 2 is 1.59 bits per heavy atom. The van der Waals surface area contributed by atoms with Gasteiger partial charge in [0.2, 0.25) is 0 Å². The van der Waals surface area contributed by atoms with Crippen molar-refractivity contribution in [2.75, 3.05) is 0 Å². The Labute approximate surface area is 99.6 Å². The van der Waals surface area contributed by atoms with Crippen LogP contribution in [0.25, 0.3) is 0 Å². The molecule has 0 radical (unpaired) electrons. The molecule has 0 unspecified atom stereocenters. The zero-order valence-electron chi connectivity index (χ0n) is 9.67. The predicted octanol–water partition coefficient (Wildman–Crippen LogP) is 1.60. The molecule has 84 valence electrons. The lowest BCUT2D eigenvalue weighted by atomic mass is 10.0. The normalized spacial score (nSPS) is 15.8. The summed E-state index contributed by atoms with van der Waals surface area (Å²) < 4.78 is 0. The predicted molar refractivity (Wildman–Crippen MR) is 65.0 cm³/mol. The Morgan fingerprint density at radius 3 is 2.12 bits per heavy atom. The summed E-state index contributed by atoms with van der Waals surface area (Å²) in [6.07, 6.45) is 2.61. The molecular weight excluding hydrogens is 210 g/mol. The third-order valence-corrected chi connectivity index (χ3v) is 3.06. The summed E-state index contributed by atoms with van der Waals surface area (Å²) in [6.45, 7) is 2.09. The molecule has 1 aliphatic heterocycles. The van der Waals surface area contributed by atoms with Gasteiger partial charge < -0.3 is 0 Å². The van der Waals surface area contributed by atoms with Crippen LogP contribution in [0.4, 0.5) is 0 Å². The van der Waals surface area contributed by atoms with Gasteiger partial charge in [-0.2, -0.15) is 0 Å². The summed E-state index contributed by atoms with van der Waals surface area (Å²) in [6, 6.07) is 13.9. The first-order valence-corrected chi connectivity index (χ1v) is 5.80. The van der Waals surface area contributed by atoms with Crippen molar-refractivity contribution in [1.29, 1.82) is 0 Å². The fourth-order valence-electron chi connectivity index (χ4n) is 2.13. The van der Waals surface area contributed by atoms with Crippen LogP contribution in [0.2, 0.25) is 0 Å². The summed E-state index contributed by atoms with van der Waals surface area (Å²) in [4.78, 5) is 13.9. The Morgan fingerprint density at radius 1 is 0.941 bits per heavy atom. The molecule has 3 nitrogen and oxygen atoms in total. The molecule has 0 fully saturated rings. The molecule has 0 amide bonds. The van der Waals surface area contributed by atoms with E-state index in [1.807, 2.05) is 42.5 Å². The maximum atomic E-state index is 4.74. The van der Waals surface area contributed by atoms with Crippen LogP contribution >= 0.6 is 0 Å². The zero-order valence-corrected chi connectivity index (χ0v) is 9.67. The molecule has 2 heterocycles. The Bertz CT molecular complexity index is 612. The van der Waals surface area contributed by atoms with Gasteiger partial charge in [0.1, 0.15) is 0 Å². The van der Waals surface area contributed by atoms with Gasteiger partial charge in [-0.1, -0.05) is 25.1 Å². The van der Waals surface area contributed by atoms with Gasteiger partial charge in [0.25, 0.3) is 0 Å². The third kappa shape index (κ3) is 1.55. The quantitative estimate of drug-likeness (QED) is 0.762. The average Bonchev–Trinajstić information content (AvgIpc) is 2.79. The highest BCUT2D eigenvalue weighted by atomic mass is 15.1. The van der Waals surface area contributed by atoms with Crippen LogP contribution in [0, 0.1) is 0 Å². The van der Waals surface area contributed by atoms with Gasteiger partial charge in [0.05, 0.1) is 16.4 Å². The maximum absolute atomic E-state index is 4.74. The number of rotatable bonds is 2. The Balaban J connectivity index is 2.24. The van der Waals surface area contributed by atoms with Crippen molar-refractivity contribution < 1.29 is 0 Å². The monoisotopic (exact) mass is 223 g/mol. The van der Waals surface area contributed by atoms with E-state index in [1.165, 1.54) is 0 Å². The first-order valence-electron chi connectivity index (χ1n) is 5.80. The van der Waals surface area contributed by atoms with Crippen LogP contribution in [-0.2, 0) is 5.66 Å². The number of hydrogen-bond donors (Lipinski definition) is 0. The van der Waals surface area contributed by atoms with Gasteiger partial charge >= 0.3 is 0 Å². The maximum Gasteiger partial charge on any atom is 0.193 e. The van der Waals surface area contributed by atoms with Gasteiger partial charge in [0.15, 0.2) is 5.66 Å². The first kappa shape index (κ1) is 10.1. The summed E-state index contributed by atoms with van der Waals surface area (Å²) in [5.41, 5.74) is 0.393. The molecule has 0 aliphatic carbocycles. The molecule has 0 N–H and O–H groups in total. The van der Waals surface area contributed by atoms with Crippen LogP contribution in [0.15, 0.2) is 58.6 Å². The average molecular weight is 223 g/mol. The van der Waals surface area contributed by atoms with Crippen LogP contribution in [-0.4, -0.2) is 4.98 Å². The number of nitrogens with zero attached hydrogens (tertiary/aromatic N) is 3. The fourth-order valence-corrected chi connectivity index (χ4v) is 2.13. The SMILES string of the molecule is CCC1(c2ccccn2)N=c2ccccc2=N1. The molecule has 17 heavy (non-hydrogen) atoms. The molecular formula is C14H13N3. The minimum absolute atomic E-state index is 0.523.